The van der Waals surface area contributed by atoms with Gasteiger partial charge in [-0.15, -0.1) is 5.10 Å². The van der Waals surface area contributed by atoms with E-state index in [1.807, 2.05) is 0 Å². The summed E-state index contributed by atoms with van der Waals surface area (Å²) in [4.78, 5) is 10.6. The lowest BCUT2D eigenvalue weighted by atomic mass is 9.80. The van der Waals surface area contributed by atoms with Crippen LogP contribution >= 0.6 is 0 Å². The standard InChI is InChI=1S/C9H16N2O2/c1-6(9(2,3)4)5-7-10-11-8(12)13-7/h6H,5H2,1-4H3,(H,11,12). The van der Waals surface area contributed by atoms with Gasteiger partial charge in [0.05, 0.1) is 0 Å². The molecule has 1 aromatic rings. The Morgan fingerprint density at radius 1 is 1.54 bits per heavy atom. The molecule has 1 N–H and O–H groups in total. The SMILES string of the molecule is CC(Cc1n[nH]c(=O)o1)C(C)(C)C. The van der Waals surface area contributed by atoms with Crippen molar-refractivity contribution in [3.8, 4) is 0 Å². The van der Waals surface area contributed by atoms with E-state index in [1.165, 1.54) is 0 Å². The van der Waals surface area contributed by atoms with Crippen LogP contribution in [0.1, 0.15) is 33.6 Å². The zero-order valence-electron chi connectivity index (χ0n) is 8.55. The molecule has 0 radical (unpaired) electrons. The van der Waals surface area contributed by atoms with Crippen LogP contribution in [0.5, 0.6) is 0 Å². The number of hydrogen-bond donors (Lipinski definition) is 1. The minimum Gasteiger partial charge on any atom is -0.392 e. The molecule has 4 heteroatoms. The topological polar surface area (TPSA) is 58.9 Å². The van der Waals surface area contributed by atoms with Gasteiger partial charge in [0, 0.05) is 6.42 Å². The highest BCUT2D eigenvalue weighted by molar-refractivity contribution is 4.81. The first-order chi connectivity index (χ1) is 5.89. The molecule has 1 heterocycles. The lowest BCUT2D eigenvalue weighted by molar-refractivity contribution is 0.243. The lowest BCUT2D eigenvalue weighted by Gasteiger charge is -2.25. The Morgan fingerprint density at radius 2 is 2.15 bits per heavy atom. The van der Waals surface area contributed by atoms with Gasteiger partial charge in [-0.2, -0.15) is 0 Å². The van der Waals surface area contributed by atoms with Gasteiger partial charge >= 0.3 is 5.76 Å². The first kappa shape index (κ1) is 10.0. The smallest absolute Gasteiger partial charge is 0.392 e. The second-order valence-electron chi connectivity index (χ2n) is 4.48. The van der Waals surface area contributed by atoms with Crippen molar-refractivity contribution in [2.24, 2.45) is 11.3 Å². The van der Waals surface area contributed by atoms with Crippen molar-refractivity contribution >= 4 is 0 Å². The van der Waals surface area contributed by atoms with Crippen LogP contribution in [-0.2, 0) is 6.42 Å². The number of aromatic nitrogens is 2. The van der Waals surface area contributed by atoms with E-state index in [0.29, 0.717) is 18.2 Å². The lowest BCUT2D eigenvalue weighted by Crippen LogP contribution is -2.19. The van der Waals surface area contributed by atoms with Crippen molar-refractivity contribution in [2.45, 2.75) is 34.1 Å². The molecule has 0 bridgehead atoms. The number of rotatable bonds is 2. The average Bonchev–Trinajstić information content (AvgIpc) is 2.33. The summed E-state index contributed by atoms with van der Waals surface area (Å²) in [7, 11) is 0. The third-order valence-corrected chi connectivity index (χ3v) is 2.44. The molecule has 0 aliphatic heterocycles. The van der Waals surface area contributed by atoms with E-state index in [-0.39, 0.29) is 5.41 Å². The maximum absolute atomic E-state index is 10.6. The molecule has 13 heavy (non-hydrogen) atoms. The van der Waals surface area contributed by atoms with Gasteiger partial charge in [-0.25, -0.2) is 9.89 Å². The Kier molecular flexibility index (Phi) is 2.59. The summed E-state index contributed by atoms with van der Waals surface area (Å²) in [5, 5.41) is 6.02. The molecule has 1 unspecified atom stereocenters. The second kappa shape index (κ2) is 3.36. The van der Waals surface area contributed by atoms with Crippen molar-refractivity contribution in [1.29, 1.82) is 0 Å². The van der Waals surface area contributed by atoms with Gasteiger partial charge in [0.2, 0.25) is 5.89 Å². The maximum Gasteiger partial charge on any atom is 0.434 e. The molecule has 1 aromatic heterocycles. The van der Waals surface area contributed by atoms with E-state index in [0.717, 1.165) is 0 Å². The molecule has 0 saturated carbocycles. The van der Waals surface area contributed by atoms with Crippen molar-refractivity contribution in [3.05, 3.63) is 16.4 Å². The fourth-order valence-electron chi connectivity index (χ4n) is 0.916. The first-order valence-electron chi connectivity index (χ1n) is 4.44. The van der Waals surface area contributed by atoms with Gasteiger partial charge in [0.25, 0.3) is 0 Å². The van der Waals surface area contributed by atoms with E-state index in [9.17, 15) is 4.79 Å². The van der Waals surface area contributed by atoms with E-state index in [4.69, 9.17) is 4.42 Å². The predicted octanol–water partition coefficient (Wildman–Crippen LogP) is 1.59. The fourth-order valence-corrected chi connectivity index (χ4v) is 0.916. The molecule has 0 aliphatic carbocycles. The normalized spacial score (nSPS) is 14.5. The van der Waals surface area contributed by atoms with E-state index in [2.05, 4.69) is 37.9 Å². The van der Waals surface area contributed by atoms with Gasteiger partial charge in [-0.3, -0.25) is 0 Å². The summed E-state index contributed by atoms with van der Waals surface area (Å²) in [5.74, 6) is 0.447. The molecule has 74 valence electrons. The molecular formula is C9H16N2O2. The van der Waals surface area contributed by atoms with Crippen molar-refractivity contribution in [2.75, 3.05) is 0 Å². The highest BCUT2D eigenvalue weighted by atomic mass is 16.4. The summed E-state index contributed by atoms with van der Waals surface area (Å²) in [6.07, 6.45) is 0.697. The van der Waals surface area contributed by atoms with Crippen LogP contribution < -0.4 is 5.76 Å². The van der Waals surface area contributed by atoms with Crippen LogP contribution in [0.15, 0.2) is 9.21 Å². The fraction of sp³-hybridized carbons (Fsp3) is 0.778. The molecule has 0 fully saturated rings. The molecular weight excluding hydrogens is 168 g/mol. The first-order valence-corrected chi connectivity index (χ1v) is 4.44. The number of nitrogens with one attached hydrogen (secondary N) is 1. The highest BCUT2D eigenvalue weighted by Crippen LogP contribution is 2.27. The summed E-state index contributed by atoms with van der Waals surface area (Å²) >= 11 is 0. The molecule has 4 nitrogen and oxygen atoms in total. The summed E-state index contributed by atoms with van der Waals surface area (Å²) in [6, 6.07) is 0. The van der Waals surface area contributed by atoms with Crippen LogP contribution in [0.25, 0.3) is 0 Å². The summed E-state index contributed by atoms with van der Waals surface area (Å²) < 4.78 is 4.83. The van der Waals surface area contributed by atoms with Gasteiger partial charge in [-0.05, 0) is 11.3 Å². The molecule has 0 aromatic carbocycles. The minimum absolute atomic E-state index is 0.206. The Morgan fingerprint density at radius 3 is 2.54 bits per heavy atom. The van der Waals surface area contributed by atoms with Crippen LogP contribution in [0.2, 0.25) is 0 Å². The maximum atomic E-state index is 10.6. The molecule has 0 amide bonds. The summed E-state index contributed by atoms with van der Waals surface area (Å²) in [5.41, 5.74) is 0.206. The third-order valence-electron chi connectivity index (χ3n) is 2.44. The Bertz CT molecular complexity index is 319. The summed E-state index contributed by atoms with van der Waals surface area (Å²) in [6.45, 7) is 8.59. The van der Waals surface area contributed by atoms with Crippen LogP contribution in [0.3, 0.4) is 0 Å². The van der Waals surface area contributed by atoms with Crippen molar-refractivity contribution in [1.82, 2.24) is 10.2 Å². The Balaban J connectivity index is 2.65. The largest absolute Gasteiger partial charge is 0.434 e. The molecule has 0 saturated heterocycles. The van der Waals surface area contributed by atoms with Crippen LogP contribution in [0.4, 0.5) is 0 Å². The van der Waals surface area contributed by atoms with Gasteiger partial charge in [0.15, 0.2) is 0 Å². The predicted molar refractivity (Wildman–Crippen MR) is 49.4 cm³/mol. The van der Waals surface area contributed by atoms with Crippen molar-refractivity contribution < 1.29 is 4.42 Å². The van der Waals surface area contributed by atoms with Crippen LogP contribution in [0, 0.1) is 11.3 Å². The van der Waals surface area contributed by atoms with Crippen LogP contribution in [-0.4, -0.2) is 10.2 Å². The van der Waals surface area contributed by atoms with E-state index < -0.39 is 5.76 Å². The highest BCUT2D eigenvalue weighted by Gasteiger charge is 2.22. The quantitative estimate of drug-likeness (QED) is 0.759. The van der Waals surface area contributed by atoms with E-state index >= 15 is 0 Å². The molecule has 1 atom stereocenters. The molecule has 0 spiro atoms. The zero-order chi connectivity index (χ0) is 10.1. The van der Waals surface area contributed by atoms with Gasteiger partial charge < -0.3 is 4.42 Å². The Hall–Kier alpha value is -1.06. The molecule has 1 rings (SSSR count). The average molecular weight is 184 g/mol. The van der Waals surface area contributed by atoms with Gasteiger partial charge in [-0.1, -0.05) is 27.7 Å². The third kappa shape index (κ3) is 2.72. The van der Waals surface area contributed by atoms with Gasteiger partial charge in [0.1, 0.15) is 0 Å². The second-order valence-corrected chi connectivity index (χ2v) is 4.48. The van der Waals surface area contributed by atoms with Crippen molar-refractivity contribution in [3.63, 3.8) is 0 Å². The number of aromatic amines is 1. The number of H-pyrrole nitrogens is 1. The monoisotopic (exact) mass is 184 g/mol. The number of nitrogens with zero attached hydrogens (tertiary/aromatic N) is 1. The molecule has 0 aliphatic rings. The van der Waals surface area contributed by atoms with E-state index in [1.54, 1.807) is 0 Å². The minimum atomic E-state index is -0.476. The number of hydrogen-bond acceptors (Lipinski definition) is 3. The Labute approximate surface area is 77.3 Å². The zero-order valence-corrected chi connectivity index (χ0v) is 8.55.